The van der Waals surface area contributed by atoms with Crippen molar-refractivity contribution in [3.05, 3.63) is 0 Å². The van der Waals surface area contributed by atoms with Gasteiger partial charge in [0.15, 0.2) is 0 Å². The number of ether oxygens (including phenoxy) is 1. The molecule has 1 fully saturated rings. The van der Waals surface area contributed by atoms with Crippen LogP contribution in [0.15, 0.2) is 0 Å². The summed E-state index contributed by atoms with van der Waals surface area (Å²) < 4.78 is 5.06. The van der Waals surface area contributed by atoms with E-state index in [4.69, 9.17) is 9.84 Å². The number of urea groups is 1. The molecule has 0 spiro atoms. The van der Waals surface area contributed by atoms with Crippen LogP contribution in [-0.4, -0.2) is 54.4 Å². The first kappa shape index (κ1) is 10.8. The Morgan fingerprint density at radius 2 is 2.00 bits per heavy atom. The van der Waals surface area contributed by atoms with E-state index >= 15 is 0 Å². The van der Waals surface area contributed by atoms with Crippen LogP contribution in [0.1, 0.15) is 6.92 Å². The van der Waals surface area contributed by atoms with E-state index in [0.29, 0.717) is 26.3 Å². The fourth-order valence-corrected chi connectivity index (χ4v) is 1.10. The Morgan fingerprint density at radius 3 is 2.50 bits per heavy atom. The molecule has 6 nitrogen and oxygen atoms in total. The van der Waals surface area contributed by atoms with Crippen LogP contribution < -0.4 is 5.32 Å². The Balaban J connectivity index is 2.36. The molecule has 0 aromatic heterocycles. The molecule has 14 heavy (non-hydrogen) atoms. The van der Waals surface area contributed by atoms with E-state index in [0.717, 1.165) is 0 Å². The molecule has 1 unspecified atom stereocenters. The number of nitrogens with zero attached hydrogens (tertiary/aromatic N) is 1. The zero-order chi connectivity index (χ0) is 10.6. The molecule has 1 heterocycles. The van der Waals surface area contributed by atoms with Gasteiger partial charge in [-0.2, -0.15) is 0 Å². The number of aliphatic carboxylic acids is 1. The molecular formula is C8H14N2O4. The Morgan fingerprint density at radius 1 is 1.43 bits per heavy atom. The van der Waals surface area contributed by atoms with Gasteiger partial charge in [0.2, 0.25) is 0 Å². The van der Waals surface area contributed by atoms with Crippen molar-refractivity contribution in [2.75, 3.05) is 26.3 Å². The molecular weight excluding hydrogens is 188 g/mol. The standard InChI is InChI=1S/C8H14N2O4/c1-6(7(11)12)9-8(13)10-2-4-14-5-3-10/h6H,2-5H2,1H3,(H,9,13)(H,11,12). The van der Waals surface area contributed by atoms with Gasteiger partial charge in [-0.3, -0.25) is 4.79 Å². The third-order valence-electron chi connectivity index (χ3n) is 2.01. The molecule has 1 aliphatic heterocycles. The van der Waals surface area contributed by atoms with E-state index in [-0.39, 0.29) is 6.03 Å². The molecule has 0 aliphatic carbocycles. The van der Waals surface area contributed by atoms with Gasteiger partial charge in [0.1, 0.15) is 6.04 Å². The first-order valence-corrected chi connectivity index (χ1v) is 4.47. The Labute approximate surface area is 81.8 Å². The SMILES string of the molecule is CC(NC(=O)N1CCOCC1)C(=O)O. The molecule has 2 N–H and O–H groups in total. The minimum atomic E-state index is -1.04. The molecule has 1 rings (SSSR count). The largest absolute Gasteiger partial charge is 0.480 e. The Kier molecular flexibility index (Phi) is 3.70. The van der Waals surface area contributed by atoms with Crippen molar-refractivity contribution in [3.8, 4) is 0 Å². The van der Waals surface area contributed by atoms with Crippen LogP contribution in [0.3, 0.4) is 0 Å². The highest BCUT2D eigenvalue weighted by molar-refractivity contribution is 5.82. The molecule has 80 valence electrons. The highest BCUT2D eigenvalue weighted by atomic mass is 16.5. The van der Waals surface area contributed by atoms with Gasteiger partial charge >= 0.3 is 12.0 Å². The molecule has 1 saturated heterocycles. The van der Waals surface area contributed by atoms with Gasteiger partial charge in [0, 0.05) is 13.1 Å². The Bertz CT molecular complexity index is 225. The van der Waals surface area contributed by atoms with Crippen LogP contribution in [0.4, 0.5) is 4.79 Å². The summed E-state index contributed by atoms with van der Waals surface area (Å²) in [5.74, 6) is -1.04. The number of carboxylic acids is 1. The fraction of sp³-hybridized carbons (Fsp3) is 0.750. The number of carbonyl (C=O) groups is 2. The number of morpholine rings is 1. The van der Waals surface area contributed by atoms with Gasteiger partial charge in [-0.25, -0.2) is 4.79 Å². The molecule has 1 atom stereocenters. The van der Waals surface area contributed by atoms with Gasteiger partial charge in [0.05, 0.1) is 13.2 Å². The van der Waals surface area contributed by atoms with Gasteiger partial charge < -0.3 is 20.1 Å². The quantitative estimate of drug-likeness (QED) is 0.632. The molecule has 0 aromatic rings. The lowest BCUT2D eigenvalue weighted by Crippen LogP contribution is -2.50. The molecule has 0 bridgehead atoms. The maximum Gasteiger partial charge on any atom is 0.325 e. The second-order valence-electron chi connectivity index (χ2n) is 3.11. The lowest BCUT2D eigenvalue weighted by atomic mass is 10.3. The molecule has 1 aliphatic rings. The molecule has 6 heteroatoms. The van der Waals surface area contributed by atoms with E-state index in [1.807, 2.05) is 0 Å². The third-order valence-corrected chi connectivity index (χ3v) is 2.01. The second-order valence-corrected chi connectivity index (χ2v) is 3.11. The minimum absolute atomic E-state index is 0.344. The first-order valence-electron chi connectivity index (χ1n) is 4.47. The number of carboxylic acid groups (broad SMARTS) is 1. The van der Waals surface area contributed by atoms with Crippen LogP contribution in [0.5, 0.6) is 0 Å². The van der Waals surface area contributed by atoms with Crippen molar-refractivity contribution in [3.63, 3.8) is 0 Å². The van der Waals surface area contributed by atoms with Gasteiger partial charge in [0.25, 0.3) is 0 Å². The van der Waals surface area contributed by atoms with Crippen LogP contribution >= 0.6 is 0 Å². The maximum absolute atomic E-state index is 11.4. The van der Waals surface area contributed by atoms with Crippen LogP contribution in [0.2, 0.25) is 0 Å². The topological polar surface area (TPSA) is 78.9 Å². The van der Waals surface area contributed by atoms with E-state index < -0.39 is 12.0 Å². The second kappa shape index (κ2) is 4.80. The van der Waals surface area contributed by atoms with E-state index in [1.165, 1.54) is 6.92 Å². The van der Waals surface area contributed by atoms with Gasteiger partial charge in [-0.05, 0) is 6.92 Å². The summed E-state index contributed by atoms with van der Waals surface area (Å²) >= 11 is 0. The van der Waals surface area contributed by atoms with Crippen molar-refractivity contribution in [1.82, 2.24) is 10.2 Å². The monoisotopic (exact) mass is 202 g/mol. The molecule has 2 amide bonds. The maximum atomic E-state index is 11.4. The predicted molar refractivity (Wildman–Crippen MR) is 48.0 cm³/mol. The number of nitrogens with one attached hydrogen (secondary N) is 1. The highest BCUT2D eigenvalue weighted by Crippen LogP contribution is 1.97. The van der Waals surface area contributed by atoms with Crippen molar-refractivity contribution in [2.45, 2.75) is 13.0 Å². The third kappa shape index (κ3) is 2.88. The lowest BCUT2D eigenvalue weighted by Gasteiger charge is -2.27. The number of amides is 2. The van der Waals surface area contributed by atoms with E-state index in [2.05, 4.69) is 5.32 Å². The van der Waals surface area contributed by atoms with Crippen molar-refractivity contribution < 1.29 is 19.4 Å². The smallest absolute Gasteiger partial charge is 0.325 e. The first-order chi connectivity index (χ1) is 6.61. The summed E-state index contributed by atoms with van der Waals surface area (Å²) in [6.07, 6.45) is 0. The fourth-order valence-electron chi connectivity index (χ4n) is 1.10. The molecule has 0 aromatic carbocycles. The Hall–Kier alpha value is -1.30. The van der Waals surface area contributed by atoms with Gasteiger partial charge in [-0.15, -0.1) is 0 Å². The van der Waals surface area contributed by atoms with Crippen LogP contribution in [-0.2, 0) is 9.53 Å². The number of rotatable bonds is 2. The van der Waals surface area contributed by atoms with Crippen LogP contribution in [0.25, 0.3) is 0 Å². The predicted octanol–water partition coefficient (Wildman–Crippen LogP) is -0.499. The molecule has 0 saturated carbocycles. The van der Waals surface area contributed by atoms with Crippen molar-refractivity contribution >= 4 is 12.0 Å². The van der Waals surface area contributed by atoms with E-state index in [9.17, 15) is 9.59 Å². The average molecular weight is 202 g/mol. The zero-order valence-electron chi connectivity index (χ0n) is 8.02. The summed E-state index contributed by atoms with van der Waals surface area (Å²) in [6, 6.07) is -1.20. The summed E-state index contributed by atoms with van der Waals surface area (Å²) in [6.45, 7) is 3.47. The minimum Gasteiger partial charge on any atom is -0.480 e. The van der Waals surface area contributed by atoms with Gasteiger partial charge in [-0.1, -0.05) is 0 Å². The lowest BCUT2D eigenvalue weighted by molar-refractivity contribution is -0.138. The van der Waals surface area contributed by atoms with Crippen molar-refractivity contribution in [1.29, 1.82) is 0 Å². The molecule has 0 radical (unpaired) electrons. The number of hydrogen-bond acceptors (Lipinski definition) is 3. The van der Waals surface area contributed by atoms with E-state index in [1.54, 1.807) is 4.90 Å². The summed E-state index contributed by atoms with van der Waals surface area (Å²) in [4.78, 5) is 23.4. The summed E-state index contributed by atoms with van der Waals surface area (Å²) in [5, 5.41) is 11.0. The zero-order valence-corrected chi connectivity index (χ0v) is 8.02. The normalized spacial score (nSPS) is 18.8. The highest BCUT2D eigenvalue weighted by Gasteiger charge is 2.20. The average Bonchev–Trinajstić information content (AvgIpc) is 2.19. The summed E-state index contributed by atoms with van der Waals surface area (Å²) in [7, 11) is 0. The number of carbonyl (C=O) groups excluding carboxylic acids is 1. The number of hydrogen-bond donors (Lipinski definition) is 2. The summed E-state index contributed by atoms with van der Waals surface area (Å²) in [5.41, 5.74) is 0. The van der Waals surface area contributed by atoms with Crippen molar-refractivity contribution in [2.24, 2.45) is 0 Å². The van der Waals surface area contributed by atoms with Crippen LogP contribution in [0, 0.1) is 0 Å².